The molecule has 40 heavy (non-hydrogen) atoms. The van der Waals surface area contributed by atoms with Gasteiger partial charge in [0.15, 0.2) is 0 Å². The monoisotopic (exact) mass is 567 g/mol. The Morgan fingerprint density at radius 3 is 2.80 bits per heavy atom. The first-order chi connectivity index (χ1) is 19.3. The largest absolute Gasteiger partial charge is 0.493 e. The zero-order valence-corrected chi connectivity index (χ0v) is 23.7. The van der Waals surface area contributed by atoms with Gasteiger partial charge in [0, 0.05) is 30.1 Å². The summed E-state index contributed by atoms with van der Waals surface area (Å²) in [5.41, 5.74) is 2.17. The lowest BCUT2D eigenvalue weighted by Crippen LogP contribution is -2.55. The van der Waals surface area contributed by atoms with Gasteiger partial charge in [-0.05, 0) is 85.9 Å². The van der Waals surface area contributed by atoms with E-state index in [9.17, 15) is 19.1 Å². The number of aliphatic hydroxyl groups excluding tert-OH is 1. The van der Waals surface area contributed by atoms with Crippen LogP contribution in [0, 0.1) is 18.2 Å². The molecule has 0 saturated heterocycles. The van der Waals surface area contributed by atoms with Gasteiger partial charge in [0.1, 0.15) is 17.6 Å². The SMILES string of the molecule is C#Cc1cccc(C2(NCC(O)C3Cc4cc(F)cc(c4)OCCCCC(=O)NC(CCSC)C(=O)N3)CC2)c1. The Balaban J connectivity index is 1.55. The molecule has 9 heteroatoms. The molecule has 2 aliphatic rings. The number of thioether (sulfide) groups is 1. The zero-order chi connectivity index (χ0) is 28.5. The maximum Gasteiger partial charge on any atom is 0.242 e. The number of terminal acetylenes is 1. The molecule has 3 atom stereocenters. The highest BCUT2D eigenvalue weighted by Crippen LogP contribution is 2.45. The first-order valence-electron chi connectivity index (χ1n) is 13.8. The molecule has 1 aliphatic heterocycles. The maximum atomic E-state index is 14.5. The smallest absolute Gasteiger partial charge is 0.242 e. The molecule has 2 bridgehead atoms. The summed E-state index contributed by atoms with van der Waals surface area (Å²) >= 11 is 1.59. The molecule has 2 aromatic rings. The van der Waals surface area contributed by atoms with E-state index in [-0.39, 0.29) is 36.7 Å². The molecule has 0 aromatic heterocycles. The Morgan fingerprint density at radius 2 is 2.05 bits per heavy atom. The van der Waals surface area contributed by atoms with Crippen LogP contribution in [0.4, 0.5) is 4.39 Å². The topological polar surface area (TPSA) is 99.7 Å². The van der Waals surface area contributed by atoms with Gasteiger partial charge < -0.3 is 25.8 Å². The third-order valence-electron chi connectivity index (χ3n) is 7.49. The Labute approximate surface area is 240 Å². The van der Waals surface area contributed by atoms with E-state index < -0.39 is 24.0 Å². The van der Waals surface area contributed by atoms with Crippen molar-refractivity contribution in [1.29, 1.82) is 0 Å². The number of hydrogen-bond acceptors (Lipinski definition) is 6. The molecule has 4 N–H and O–H groups in total. The Kier molecular flexibility index (Phi) is 10.5. The van der Waals surface area contributed by atoms with Crippen LogP contribution in [-0.4, -0.2) is 60.3 Å². The number of halogens is 1. The summed E-state index contributed by atoms with van der Waals surface area (Å²) in [6, 6.07) is 10.8. The molecule has 0 radical (unpaired) electrons. The van der Waals surface area contributed by atoms with E-state index in [1.165, 1.54) is 12.1 Å². The van der Waals surface area contributed by atoms with Crippen molar-refractivity contribution in [2.45, 2.75) is 68.7 Å². The van der Waals surface area contributed by atoms with Crippen LogP contribution in [-0.2, 0) is 21.5 Å². The second-order valence-electron chi connectivity index (χ2n) is 10.6. The summed E-state index contributed by atoms with van der Waals surface area (Å²) in [7, 11) is 0. The van der Waals surface area contributed by atoms with Crippen molar-refractivity contribution in [3.05, 3.63) is 65.0 Å². The van der Waals surface area contributed by atoms with Gasteiger partial charge in [-0.2, -0.15) is 11.8 Å². The lowest BCUT2D eigenvalue weighted by Gasteiger charge is -2.29. The number of hydrogen-bond donors (Lipinski definition) is 4. The highest BCUT2D eigenvalue weighted by molar-refractivity contribution is 7.98. The molecule has 3 unspecified atom stereocenters. The van der Waals surface area contributed by atoms with E-state index in [4.69, 9.17) is 11.2 Å². The molecule has 2 amide bonds. The van der Waals surface area contributed by atoms with E-state index in [0.717, 1.165) is 24.0 Å². The molecule has 0 spiro atoms. The zero-order valence-electron chi connectivity index (χ0n) is 22.9. The lowest BCUT2D eigenvalue weighted by atomic mass is 9.98. The van der Waals surface area contributed by atoms with Crippen LogP contribution in [0.15, 0.2) is 42.5 Å². The van der Waals surface area contributed by atoms with Crippen LogP contribution in [0.3, 0.4) is 0 Å². The van der Waals surface area contributed by atoms with Gasteiger partial charge in [-0.1, -0.05) is 18.1 Å². The number of rotatable bonds is 8. The van der Waals surface area contributed by atoms with Gasteiger partial charge in [-0.3, -0.25) is 9.59 Å². The third-order valence-corrected chi connectivity index (χ3v) is 8.13. The van der Waals surface area contributed by atoms with Gasteiger partial charge in [0.2, 0.25) is 11.8 Å². The van der Waals surface area contributed by atoms with Crippen LogP contribution in [0.25, 0.3) is 0 Å². The maximum absolute atomic E-state index is 14.5. The Hall–Kier alpha value is -3.06. The predicted octanol–water partition coefficient (Wildman–Crippen LogP) is 3.27. The number of carbonyl (C=O) groups is 2. The van der Waals surface area contributed by atoms with E-state index in [1.807, 2.05) is 30.5 Å². The number of aliphatic hydroxyl groups is 1. The minimum absolute atomic E-state index is 0.186. The molecule has 4 rings (SSSR count). The van der Waals surface area contributed by atoms with Gasteiger partial charge in [0.25, 0.3) is 0 Å². The van der Waals surface area contributed by atoms with Crippen LogP contribution in [0.1, 0.15) is 55.2 Å². The fourth-order valence-corrected chi connectivity index (χ4v) is 5.50. The van der Waals surface area contributed by atoms with Gasteiger partial charge >= 0.3 is 0 Å². The van der Waals surface area contributed by atoms with E-state index in [2.05, 4.69) is 21.9 Å². The fourth-order valence-electron chi connectivity index (χ4n) is 5.03. The number of amides is 2. The average molecular weight is 568 g/mol. The van der Waals surface area contributed by atoms with Crippen LogP contribution >= 0.6 is 11.8 Å². The minimum atomic E-state index is -0.988. The number of nitrogens with one attached hydrogen (secondary N) is 3. The summed E-state index contributed by atoms with van der Waals surface area (Å²) in [5.74, 6) is 2.72. The Morgan fingerprint density at radius 1 is 1.23 bits per heavy atom. The molecular formula is C31H38FN3O4S. The van der Waals surface area contributed by atoms with Crippen molar-refractivity contribution in [3.63, 3.8) is 0 Å². The van der Waals surface area contributed by atoms with Gasteiger partial charge in [-0.15, -0.1) is 6.42 Å². The predicted molar refractivity (Wildman–Crippen MR) is 156 cm³/mol. The molecule has 1 fully saturated rings. The number of fused-ring (bicyclic) bond motifs is 2. The quantitative estimate of drug-likeness (QED) is 0.366. The number of benzene rings is 2. The lowest BCUT2D eigenvalue weighted by molar-refractivity contribution is -0.130. The highest BCUT2D eigenvalue weighted by atomic mass is 32.2. The van der Waals surface area contributed by atoms with Crippen molar-refractivity contribution in [3.8, 4) is 18.1 Å². The van der Waals surface area contributed by atoms with Crippen molar-refractivity contribution in [2.75, 3.05) is 25.2 Å². The summed E-state index contributed by atoms with van der Waals surface area (Å²) in [4.78, 5) is 26.0. The summed E-state index contributed by atoms with van der Waals surface area (Å²) in [6.45, 7) is 0.550. The van der Waals surface area contributed by atoms with Crippen LogP contribution < -0.4 is 20.7 Å². The molecule has 214 valence electrons. The van der Waals surface area contributed by atoms with Gasteiger partial charge in [0.05, 0.1) is 18.8 Å². The highest BCUT2D eigenvalue weighted by Gasteiger charge is 2.44. The fraction of sp³-hybridized carbons (Fsp3) is 0.484. The molecule has 1 heterocycles. The van der Waals surface area contributed by atoms with E-state index in [1.54, 1.807) is 17.8 Å². The molecule has 2 aromatic carbocycles. The van der Waals surface area contributed by atoms with Crippen molar-refractivity contribution in [1.82, 2.24) is 16.0 Å². The van der Waals surface area contributed by atoms with Gasteiger partial charge in [-0.25, -0.2) is 4.39 Å². The van der Waals surface area contributed by atoms with E-state index >= 15 is 0 Å². The average Bonchev–Trinajstić information content (AvgIpc) is 3.74. The number of ether oxygens (including phenoxy) is 1. The first-order valence-corrected chi connectivity index (χ1v) is 15.2. The summed E-state index contributed by atoms with van der Waals surface area (Å²) < 4.78 is 20.2. The number of carbonyl (C=O) groups excluding carboxylic acids is 2. The molecule has 7 nitrogen and oxygen atoms in total. The van der Waals surface area contributed by atoms with Crippen LogP contribution in [0.2, 0.25) is 0 Å². The Bertz CT molecular complexity index is 1230. The minimum Gasteiger partial charge on any atom is -0.493 e. The van der Waals surface area contributed by atoms with Crippen LogP contribution in [0.5, 0.6) is 5.75 Å². The third kappa shape index (κ3) is 8.23. The molecule has 1 saturated carbocycles. The normalized spacial score (nSPS) is 21.9. The van der Waals surface area contributed by atoms with E-state index in [0.29, 0.717) is 42.9 Å². The van der Waals surface area contributed by atoms with Crippen molar-refractivity contribution in [2.24, 2.45) is 0 Å². The second-order valence-corrected chi connectivity index (χ2v) is 11.6. The van der Waals surface area contributed by atoms with Crippen molar-refractivity contribution >= 4 is 23.6 Å². The second kappa shape index (κ2) is 14.0. The summed E-state index contributed by atoms with van der Waals surface area (Å²) in [6.07, 6.45) is 10.5. The molecule has 1 aliphatic carbocycles. The van der Waals surface area contributed by atoms with Crippen molar-refractivity contribution < 1.29 is 23.8 Å². The molecular weight excluding hydrogens is 529 g/mol. The standard InChI is InChI=1S/C31H38FN3O4S/c1-3-21-7-6-8-23(15-21)31(11-12-31)33-20-28(36)27-18-22-16-24(32)19-25(17-22)39-13-5-4-9-29(37)34-26(10-14-40-2)30(38)35-27/h1,6-8,15-17,19,26-28,33,36H,4-5,9-14,18,20H2,2H3,(H,34,37)(H,35,38). The first kappa shape index (κ1) is 29.9. The summed E-state index contributed by atoms with van der Waals surface area (Å²) in [5, 5.41) is 20.7.